The maximum absolute atomic E-state index is 13.4. The van der Waals surface area contributed by atoms with Gasteiger partial charge in [-0.2, -0.15) is 13.2 Å². The minimum atomic E-state index is -4.89. The Kier molecular flexibility index (Phi) is 5.38. The van der Waals surface area contributed by atoms with Gasteiger partial charge in [0.15, 0.2) is 6.23 Å². The molecule has 0 bridgehead atoms. The van der Waals surface area contributed by atoms with Crippen molar-refractivity contribution in [1.82, 2.24) is 9.55 Å². The molecule has 4 atom stereocenters. The number of aliphatic hydroxyl groups excluding tert-OH is 1. The highest BCUT2D eigenvalue weighted by atomic mass is 19.4. The second-order valence-electron chi connectivity index (χ2n) is 6.10. The van der Waals surface area contributed by atoms with Crippen LogP contribution in [-0.4, -0.2) is 45.6 Å². The summed E-state index contributed by atoms with van der Waals surface area (Å²) in [6.07, 6.45) is -9.57. The van der Waals surface area contributed by atoms with Crippen molar-refractivity contribution in [2.75, 3.05) is 6.61 Å². The van der Waals surface area contributed by atoms with Crippen molar-refractivity contribution >= 4 is 5.97 Å². The molecule has 1 aromatic carbocycles. The van der Waals surface area contributed by atoms with Crippen LogP contribution in [0.25, 0.3) is 0 Å². The Labute approximate surface area is 155 Å². The summed E-state index contributed by atoms with van der Waals surface area (Å²) in [4.78, 5) is 36.8. The fraction of sp³-hybridized carbons (Fsp3) is 0.353. The molecule has 150 valence electrons. The van der Waals surface area contributed by atoms with Gasteiger partial charge in [0.1, 0.15) is 24.7 Å². The Hall–Kier alpha value is -2.92. The second-order valence-corrected chi connectivity index (χ2v) is 6.10. The fourth-order valence-electron chi connectivity index (χ4n) is 2.96. The second kappa shape index (κ2) is 7.60. The van der Waals surface area contributed by atoms with E-state index < -0.39 is 54.4 Å². The van der Waals surface area contributed by atoms with Gasteiger partial charge >= 0.3 is 17.8 Å². The van der Waals surface area contributed by atoms with E-state index >= 15 is 0 Å². The van der Waals surface area contributed by atoms with Crippen LogP contribution >= 0.6 is 0 Å². The number of hydrogen-bond donors (Lipinski definition) is 2. The van der Waals surface area contributed by atoms with E-state index in [1.807, 2.05) is 4.98 Å². The zero-order valence-electron chi connectivity index (χ0n) is 14.1. The molecule has 0 amide bonds. The number of hydrogen-bond acceptors (Lipinski definition) is 6. The minimum Gasteiger partial charge on any atom is -0.459 e. The summed E-state index contributed by atoms with van der Waals surface area (Å²) < 4.78 is 51.1. The lowest BCUT2D eigenvalue weighted by Gasteiger charge is -2.22. The van der Waals surface area contributed by atoms with Gasteiger partial charge in [0.25, 0.3) is 5.56 Å². The molecule has 2 N–H and O–H groups in total. The van der Waals surface area contributed by atoms with Gasteiger partial charge < -0.3 is 14.6 Å². The van der Waals surface area contributed by atoms with E-state index in [1.165, 1.54) is 12.1 Å². The lowest BCUT2D eigenvalue weighted by atomic mass is 9.97. The highest BCUT2D eigenvalue weighted by Crippen LogP contribution is 2.43. The highest BCUT2D eigenvalue weighted by molar-refractivity contribution is 5.89. The number of aromatic amines is 1. The fourth-order valence-corrected chi connectivity index (χ4v) is 2.96. The first-order chi connectivity index (χ1) is 13.2. The molecule has 0 aliphatic carbocycles. The summed E-state index contributed by atoms with van der Waals surface area (Å²) >= 11 is 0. The van der Waals surface area contributed by atoms with Gasteiger partial charge in [0, 0.05) is 12.3 Å². The van der Waals surface area contributed by atoms with Crippen molar-refractivity contribution in [3.63, 3.8) is 0 Å². The molecular formula is C17H15F3N2O6. The first-order valence-electron chi connectivity index (χ1n) is 8.12. The van der Waals surface area contributed by atoms with Crippen LogP contribution in [0.4, 0.5) is 13.2 Å². The average molecular weight is 400 g/mol. The largest absolute Gasteiger partial charge is 0.459 e. The van der Waals surface area contributed by atoms with Crippen LogP contribution in [0.5, 0.6) is 0 Å². The number of aromatic nitrogens is 2. The number of aliphatic hydroxyl groups is 1. The zero-order chi connectivity index (χ0) is 20.5. The van der Waals surface area contributed by atoms with Gasteiger partial charge in [-0.1, -0.05) is 18.2 Å². The first-order valence-corrected chi connectivity index (χ1v) is 8.12. The predicted octanol–water partition coefficient (Wildman–Crippen LogP) is 0.830. The molecule has 0 radical (unpaired) electrons. The van der Waals surface area contributed by atoms with E-state index in [2.05, 4.69) is 0 Å². The number of carbonyl (C=O) groups excluding carboxylic acids is 1. The van der Waals surface area contributed by atoms with Crippen LogP contribution < -0.4 is 11.2 Å². The normalized spacial score (nSPS) is 24.9. The van der Waals surface area contributed by atoms with E-state index in [-0.39, 0.29) is 5.56 Å². The highest BCUT2D eigenvalue weighted by Gasteiger charge is 2.58. The first kappa shape index (κ1) is 19.8. The molecule has 11 heteroatoms. The van der Waals surface area contributed by atoms with Gasteiger partial charge in [-0.25, -0.2) is 9.59 Å². The van der Waals surface area contributed by atoms with E-state index in [0.717, 1.165) is 12.3 Å². The Morgan fingerprint density at radius 1 is 1.21 bits per heavy atom. The third kappa shape index (κ3) is 3.99. The summed E-state index contributed by atoms with van der Waals surface area (Å²) in [6.45, 7) is -0.788. The van der Waals surface area contributed by atoms with Crippen LogP contribution in [0.2, 0.25) is 0 Å². The van der Waals surface area contributed by atoms with Crippen molar-refractivity contribution in [3.8, 4) is 0 Å². The van der Waals surface area contributed by atoms with Crippen molar-refractivity contribution < 1.29 is 32.5 Å². The average Bonchev–Trinajstić information content (AvgIpc) is 2.97. The molecule has 0 saturated carbocycles. The standard InChI is InChI=1S/C17H15F3N2O6/c18-17(19,20)12-10(8-27-15(25)9-4-2-1-3-5-9)28-14(13(12)24)22-7-6-11(23)21-16(22)26/h1-7,10,12-14,24H,8H2,(H,21,23,26)/t10-,12-,13-,14-/m1/s1. The number of ether oxygens (including phenoxy) is 2. The van der Waals surface area contributed by atoms with Gasteiger partial charge in [-0.3, -0.25) is 14.3 Å². The summed E-state index contributed by atoms with van der Waals surface area (Å²) in [7, 11) is 0. The van der Waals surface area contributed by atoms with Gasteiger partial charge in [-0.05, 0) is 12.1 Å². The van der Waals surface area contributed by atoms with Gasteiger partial charge in [0.05, 0.1) is 5.56 Å². The molecule has 1 aliphatic heterocycles. The van der Waals surface area contributed by atoms with Gasteiger partial charge in [0.2, 0.25) is 0 Å². The number of nitrogens with zero attached hydrogens (tertiary/aromatic N) is 1. The number of halogens is 3. The minimum absolute atomic E-state index is 0.137. The molecule has 2 heterocycles. The third-order valence-electron chi connectivity index (χ3n) is 4.27. The number of rotatable bonds is 4. The SMILES string of the molecule is O=C(OC[C@H]1O[C@@H](n2ccc(=O)[nH]c2=O)[C@H](O)[C@@H]1C(F)(F)F)c1ccccc1. The van der Waals surface area contributed by atoms with Crippen LogP contribution in [0.15, 0.2) is 52.2 Å². The zero-order valence-corrected chi connectivity index (χ0v) is 14.1. The Morgan fingerprint density at radius 3 is 2.50 bits per heavy atom. The Bertz CT molecular complexity index is 956. The van der Waals surface area contributed by atoms with Crippen molar-refractivity contribution in [2.45, 2.75) is 24.6 Å². The maximum Gasteiger partial charge on any atom is 0.397 e. The molecule has 3 rings (SSSR count). The van der Waals surface area contributed by atoms with Crippen molar-refractivity contribution in [1.29, 1.82) is 0 Å². The summed E-state index contributed by atoms with van der Waals surface area (Å²) in [5.41, 5.74) is -1.66. The number of nitrogens with one attached hydrogen (secondary N) is 1. The van der Waals surface area contributed by atoms with Crippen LogP contribution in [-0.2, 0) is 9.47 Å². The quantitative estimate of drug-likeness (QED) is 0.736. The number of alkyl halides is 3. The number of H-pyrrole nitrogens is 1. The van der Waals surface area contributed by atoms with E-state index in [1.54, 1.807) is 18.2 Å². The smallest absolute Gasteiger partial charge is 0.397 e. The molecule has 1 saturated heterocycles. The lowest BCUT2D eigenvalue weighted by Crippen LogP contribution is -2.41. The van der Waals surface area contributed by atoms with Crippen molar-refractivity contribution in [3.05, 3.63) is 69.0 Å². The molecular weight excluding hydrogens is 385 g/mol. The number of esters is 1. The molecule has 2 aromatic rings. The topological polar surface area (TPSA) is 111 Å². The number of benzene rings is 1. The predicted molar refractivity (Wildman–Crippen MR) is 87.5 cm³/mol. The maximum atomic E-state index is 13.4. The van der Waals surface area contributed by atoms with E-state index in [0.29, 0.717) is 4.57 Å². The van der Waals surface area contributed by atoms with E-state index in [4.69, 9.17) is 9.47 Å². The third-order valence-corrected chi connectivity index (χ3v) is 4.27. The summed E-state index contributed by atoms with van der Waals surface area (Å²) in [5.74, 6) is -3.26. The summed E-state index contributed by atoms with van der Waals surface area (Å²) in [5, 5.41) is 10.1. The van der Waals surface area contributed by atoms with Crippen LogP contribution in [0.3, 0.4) is 0 Å². The molecule has 0 unspecified atom stereocenters. The molecule has 1 fully saturated rings. The monoisotopic (exact) mass is 400 g/mol. The molecule has 1 aliphatic rings. The Balaban J connectivity index is 1.82. The molecule has 0 spiro atoms. The van der Waals surface area contributed by atoms with E-state index in [9.17, 15) is 32.7 Å². The lowest BCUT2D eigenvalue weighted by molar-refractivity contribution is -0.205. The van der Waals surface area contributed by atoms with Crippen LogP contribution in [0, 0.1) is 5.92 Å². The Morgan fingerprint density at radius 2 is 1.89 bits per heavy atom. The molecule has 8 nitrogen and oxygen atoms in total. The van der Waals surface area contributed by atoms with Crippen LogP contribution in [0.1, 0.15) is 16.6 Å². The van der Waals surface area contributed by atoms with Crippen molar-refractivity contribution in [2.24, 2.45) is 5.92 Å². The summed E-state index contributed by atoms with van der Waals surface area (Å²) in [6, 6.07) is 8.53. The van der Waals surface area contributed by atoms with Gasteiger partial charge in [-0.15, -0.1) is 0 Å². The number of carbonyl (C=O) groups is 1. The molecule has 28 heavy (non-hydrogen) atoms. The molecule has 1 aromatic heterocycles.